The van der Waals surface area contributed by atoms with Gasteiger partial charge in [0, 0.05) is 30.2 Å². The van der Waals surface area contributed by atoms with Crippen LogP contribution in [0.1, 0.15) is 38.5 Å². The van der Waals surface area contributed by atoms with Gasteiger partial charge in [0.05, 0.1) is 12.1 Å². The first-order valence-corrected chi connectivity index (χ1v) is 11.0. The molecule has 0 amide bonds. The molecule has 1 aromatic carbocycles. The van der Waals surface area contributed by atoms with Gasteiger partial charge in [0.15, 0.2) is 0 Å². The van der Waals surface area contributed by atoms with Gasteiger partial charge in [0.2, 0.25) is 5.95 Å². The van der Waals surface area contributed by atoms with Crippen molar-refractivity contribution in [2.24, 2.45) is 11.7 Å². The third kappa shape index (κ3) is 6.51. The molecule has 33 heavy (non-hydrogen) atoms. The molecule has 0 unspecified atom stereocenters. The van der Waals surface area contributed by atoms with E-state index >= 15 is 0 Å². The minimum Gasteiger partial charge on any atom is -0.493 e. The summed E-state index contributed by atoms with van der Waals surface area (Å²) in [6, 6.07) is 9.58. The molecule has 0 bridgehead atoms. The highest BCUT2D eigenvalue weighted by molar-refractivity contribution is 5.87. The van der Waals surface area contributed by atoms with Gasteiger partial charge in [-0.15, -0.1) is 12.4 Å². The fraction of sp³-hybridized carbons (Fsp3) is 0.478. The van der Waals surface area contributed by atoms with Crippen molar-refractivity contribution in [1.82, 2.24) is 14.5 Å². The van der Waals surface area contributed by atoms with Crippen molar-refractivity contribution < 1.29 is 17.9 Å². The molecule has 180 valence electrons. The molecule has 0 atom stereocenters. The molecule has 1 aliphatic carbocycles. The quantitative estimate of drug-likeness (QED) is 0.414. The van der Waals surface area contributed by atoms with Crippen LogP contribution in [0.4, 0.5) is 19.1 Å². The zero-order valence-electron chi connectivity index (χ0n) is 18.2. The summed E-state index contributed by atoms with van der Waals surface area (Å²) in [5.74, 6) is 2.46. The third-order valence-corrected chi connectivity index (χ3v) is 5.96. The number of alkyl halides is 3. The van der Waals surface area contributed by atoms with Crippen LogP contribution < -0.4 is 15.8 Å². The van der Waals surface area contributed by atoms with Crippen molar-refractivity contribution in [2.45, 2.75) is 50.7 Å². The van der Waals surface area contributed by atoms with Crippen LogP contribution in [0.3, 0.4) is 0 Å². The second kappa shape index (κ2) is 11.1. The Morgan fingerprint density at radius 2 is 1.91 bits per heavy atom. The van der Waals surface area contributed by atoms with E-state index in [2.05, 4.69) is 15.3 Å². The summed E-state index contributed by atoms with van der Waals surface area (Å²) in [7, 11) is 0. The van der Waals surface area contributed by atoms with E-state index in [-0.39, 0.29) is 25.4 Å². The van der Waals surface area contributed by atoms with E-state index in [1.165, 1.54) is 0 Å². The van der Waals surface area contributed by atoms with Crippen molar-refractivity contribution in [2.75, 3.05) is 18.5 Å². The van der Waals surface area contributed by atoms with Crippen LogP contribution in [0.5, 0.6) is 5.75 Å². The molecule has 3 N–H and O–H groups in total. The molecule has 10 heteroatoms. The minimum absolute atomic E-state index is 0. The second-order valence-corrected chi connectivity index (χ2v) is 8.28. The van der Waals surface area contributed by atoms with E-state index in [0.717, 1.165) is 43.1 Å². The number of anilines is 1. The van der Waals surface area contributed by atoms with Gasteiger partial charge in [-0.1, -0.05) is 6.07 Å². The summed E-state index contributed by atoms with van der Waals surface area (Å²) in [5, 5.41) is 4.27. The van der Waals surface area contributed by atoms with Crippen LogP contribution in [-0.4, -0.2) is 39.9 Å². The number of rotatable bonds is 8. The molecule has 1 aliphatic rings. The standard InChI is InChI=1S/C23H28F3N5O.ClH/c24-23(25,26)11-2-14-32-20-4-1-3-19-18(20)10-13-31(19)21-9-12-28-22(30-21)29-17-7-5-16(15-27)6-8-17;/h1,3-4,9-10,12-13,16-17H,2,5-8,11,14-15,27H2,(H,28,29,30);1H. The Bertz CT molecular complexity index is 1030. The van der Waals surface area contributed by atoms with Gasteiger partial charge >= 0.3 is 6.18 Å². The number of nitrogens with two attached hydrogens (primary N) is 1. The average molecular weight is 484 g/mol. The van der Waals surface area contributed by atoms with Crippen LogP contribution >= 0.6 is 12.4 Å². The van der Waals surface area contributed by atoms with E-state index in [4.69, 9.17) is 10.5 Å². The van der Waals surface area contributed by atoms with Crippen LogP contribution in [0, 0.1) is 5.92 Å². The number of hydrogen-bond acceptors (Lipinski definition) is 5. The molecular weight excluding hydrogens is 455 g/mol. The Morgan fingerprint density at radius 3 is 2.64 bits per heavy atom. The molecule has 0 spiro atoms. The number of halogens is 4. The van der Waals surface area contributed by atoms with Crippen molar-refractivity contribution in [1.29, 1.82) is 0 Å². The van der Waals surface area contributed by atoms with Crippen LogP contribution in [-0.2, 0) is 0 Å². The number of nitrogens with zero attached hydrogens (tertiary/aromatic N) is 3. The predicted molar refractivity (Wildman–Crippen MR) is 125 cm³/mol. The van der Waals surface area contributed by atoms with Gasteiger partial charge < -0.3 is 20.4 Å². The molecular formula is C23H29ClF3N5O. The van der Waals surface area contributed by atoms with E-state index in [1.54, 1.807) is 12.3 Å². The highest BCUT2D eigenvalue weighted by atomic mass is 35.5. The molecule has 3 aromatic rings. The lowest BCUT2D eigenvalue weighted by molar-refractivity contribution is -0.136. The van der Waals surface area contributed by atoms with Gasteiger partial charge in [0.25, 0.3) is 0 Å². The number of benzene rings is 1. The molecule has 1 fully saturated rings. The molecule has 0 saturated heterocycles. The van der Waals surface area contributed by atoms with Gasteiger partial charge in [-0.3, -0.25) is 0 Å². The normalized spacial score (nSPS) is 18.7. The van der Waals surface area contributed by atoms with Crippen LogP contribution in [0.25, 0.3) is 16.7 Å². The topological polar surface area (TPSA) is 78.0 Å². The number of hydrogen-bond donors (Lipinski definition) is 2. The summed E-state index contributed by atoms with van der Waals surface area (Å²) in [6.07, 6.45) is 2.84. The molecule has 4 rings (SSSR count). The van der Waals surface area contributed by atoms with E-state index in [1.807, 2.05) is 35.0 Å². The maximum Gasteiger partial charge on any atom is 0.389 e. The van der Waals surface area contributed by atoms with Crippen LogP contribution in [0.15, 0.2) is 42.7 Å². The average Bonchev–Trinajstić information content (AvgIpc) is 3.22. The molecule has 0 radical (unpaired) electrons. The zero-order chi connectivity index (χ0) is 22.6. The lowest BCUT2D eigenvalue weighted by atomic mass is 9.86. The second-order valence-electron chi connectivity index (χ2n) is 8.28. The third-order valence-electron chi connectivity index (χ3n) is 5.96. The van der Waals surface area contributed by atoms with Crippen LogP contribution in [0.2, 0.25) is 0 Å². The number of aromatic nitrogens is 3. The van der Waals surface area contributed by atoms with Gasteiger partial charge in [-0.05, 0) is 68.8 Å². The van der Waals surface area contributed by atoms with Crippen molar-refractivity contribution in [3.05, 3.63) is 42.7 Å². The largest absolute Gasteiger partial charge is 0.493 e. The highest BCUT2D eigenvalue weighted by Crippen LogP contribution is 2.30. The lowest BCUT2D eigenvalue weighted by Gasteiger charge is -2.28. The SMILES string of the molecule is Cl.NCC1CCC(Nc2nccc(-n3ccc4c(OCCCC(F)(F)F)cccc43)n2)CC1. The Hall–Kier alpha value is -2.52. The Kier molecular flexibility index (Phi) is 8.42. The summed E-state index contributed by atoms with van der Waals surface area (Å²) in [4.78, 5) is 9.05. The van der Waals surface area contributed by atoms with E-state index < -0.39 is 12.6 Å². The first kappa shape index (κ1) is 25.1. The summed E-state index contributed by atoms with van der Waals surface area (Å²) >= 11 is 0. The molecule has 2 aromatic heterocycles. The fourth-order valence-corrected chi connectivity index (χ4v) is 4.20. The van der Waals surface area contributed by atoms with Gasteiger partial charge in [-0.25, -0.2) is 4.98 Å². The molecule has 1 saturated carbocycles. The lowest BCUT2D eigenvalue weighted by Crippen LogP contribution is -2.29. The molecule has 6 nitrogen and oxygen atoms in total. The summed E-state index contributed by atoms with van der Waals surface area (Å²) in [6.45, 7) is 0.755. The maximum absolute atomic E-state index is 12.4. The van der Waals surface area contributed by atoms with Crippen molar-refractivity contribution >= 4 is 29.3 Å². The van der Waals surface area contributed by atoms with E-state index in [0.29, 0.717) is 29.5 Å². The Balaban J connectivity index is 0.00000306. The summed E-state index contributed by atoms with van der Waals surface area (Å²) < 4.78 is 44.6. The molecule has 2 heterocycles. The number of ether oxygens (including phenoxy) is 1. The maximum atomic E-state index is 12.4. The monoisotopic (exact) mass is 483 g/mol. The number of nitrogens with one attached hydrogen (secondary N) is 1. The minimum atomic E-state index is -4.17. The van der Waals surface area contributed by atoms with Crippen molar-refractivity contribution in [3.63, 3.8) is 0 Å². The Labute approximate surface area is 197 Å². The Morgan fingerprint density at radius 1 is 1.12 bits per heavy atom. The van der Waals surface area contributed by atoms with E-state index in [9.17, 15) is 13.2 Å². The number of fused-ring (bicyclic) bond motifs is 1. The molecule has 0 aliphatic heterocycles. The zero-order valence-corrected chi connectivity index (χ0v) is 19.0. The van der Waals surface area contributed by atoms with Gasteiger partial charge in [0.1, 0.15) is 11.6 Å². The van der Waals surface area contributed by atoms with Crippen molar-refractivity contribution in [3.8, 4) is 11.6 Å². The first-order chi connectivity index (χ1) is 15.4. The first-order valence-electron chi connectivity index (χ1n) is 11.0. The predicted octanol–water partition coefficient (Wildman–Crippen LogP) is 5.49. The summed E-state index contributed by atoms with van der Waals surface area (Å²) in [5.41, 5.74) is 6.65. The fourth-order valence-electron chi connectivity index (χ4n) is 4.20. The van der Waals surface area contributed by atoms with Gasteiger partial charge in [-0.2, -0.15) is 18.2 Å². The smallest absolute Gasteiger partial charge is 0.389 e. The highest BCUT2D eigenvalue weighted by Gasteiger charge is 2.26.